The van der Waals surface area contributed by atoms with E-state index in [9.17, 15) is 5.11 Å². The summed E-state index contributed by atoms with van der Waals surface area (Å²) in [6.45, 7) is 7.74. The molecule has 1 aromatic rings. The zero-order valence-corrected chi connectivity index (χ0v) is 17.1. The van der Waals surface area contributed by atoms with Gasteiger partial charge in [0.1, 0.15) is 0 Å². The van der Waals surface area contributed by atoms with Gasteiger partial charge in [0.15, 0.2) is 5.96 Å². The first kappa shape index (κ1) is 20.6. The van der Waals surface area contributed by atoms with Crippen LogP contribution in [0.5, 0.6) is 0 Å². The van der Waals surface area contributed by atoms with E-state index < -0.39 is 0 Å². The van der Waals surface area contributed by atoms with Crippen LogP contribution in [0.1, 0.15) is 26.7 Å². The summed E-state index contributed by atoms with van der Waals surface area (Å²) in [6, 6.07) is 10.5. The first-order valence-corrected chi connectivity index (χ1v) is 9.00. The van der Waals surface area contributed by atoms with Gasteiger partial charge in [-0.15, -0.1) is 35.7 Å². The van der Waals surface area contributed by atoms with E-state index in [1.807, 2.05) is 17.8 Å². The van der Waals surface area contributed by atoms with Crippen molar-refractivity contribution in [3.8, 4) is 0 Å². The van der Waals surface area contributed by atoms with Crippen LogP contribution in [0.25, 0.3) is 0 Å². The van der Waals surface area contributed by atoms with Crippen molar-refractivity contribution in [3.05, 3.63) is 30.3 Å². The average molecular weight is 449 g/mol. The van der Waals surface area contributed by atoms with Crippen molar-refractivity contribution in [2.45, 2.75) is 42.9 Å². The minimum absolute atomic E-state index is 0. The number of aliphatic hydroxyl groups excluding tert-OH is 1. The summed E-state index contributed by atoms with van der Waals surface area (Å²) in [5, 5.41) is 13.4. The lowest BCUT2D eigenvalue weighted by Gasteiger charge is -2.32. The van der Waals surface area contributed by atoms with Crippen LogP contribution in [-0.2, 0) is 0 Å². The average Bonchev–Trinajstić information content (AvgIpc) is 2.53. The number of aliphatic hydroxyl groups is 1. The van der Waals surface area contributed by atoms with Crippen LogP contribution in [0.2, 0.25) is 0 Å². The Bertz CT molecular complexity index is 464. The molecule has 0 amide bonds. The van der Waals surface area contributed by atoms with Crippen LogP contribution in [0, 0.1) is 0 Å². The molecule has 1 atom stereocenters. The molecule has 4 nitrogen and oxygen atoms in total. The van der Waals surface area contributed by atoms with E-state index in [1.54, 1.807) is 0 Å². The molecule has 1 aliphatic rings. The maximum absolute atomic E-state index is 9.63. The normalized spacial score (nSPS) is 17.5. The van der Waals surface area contributed by atoms with Crippen molar-refractivity contribution in [2.24, 2.45) is 4.99 Å². The van der Waals surface area contributed by atoms with Gasteiger partial charge in [0.2, 0.25) is 0 Å². The fraction of sp³-hybridized carbons (Fsp3) is 0.588. The summed E-state index contributed by atoms with van der Waals surface area (Å²) in [5.41, 5.74) is 0. The Balaban J connectivity index is 0.00000264. The summed E-state index contributed by atoms with van der Waals surface area (Å²) in [5.74, 6) is 0.981. The van der Waals surface area contributed by atoms with Gasteiger partial charge in [-0.05, 0) is 31.9 Å². The van der Waals surface area contributed by atoms with Gasteiger partial charge < -0.3 is 15.3 Å². The molecule has 1 aliphatic heterocycles. The van der Waals surface area contributed by atoms with Gasteiger partial charge in [-0.25, -0.2) is 0 Å². The third-order valence-electron chi connectivity index (χ3n) is 3.68. The molecule has 2 N–H and O–H groups in total. The second kappa shape index (κ2) is 11.1. The van der Waals surface area contributed by atoms with Gasteiger partial charge in [0.05, 0.1) is 12.6 Å². The lowest BCUT2D eigenvalue weighted by Crippen LogP contribution is -2.46. The Labute approximate surface area is 161 Å². The zero-order valence-electron chi connectivity index (χ0n) is 13.9. The molecule has 0 radical (unpaired) electrons. The maximum Gasteiger partial charge on any atom is 0.193 e. The molecular formula is C17H28IN3OS. The first-order chi connectivity index (χ1) is 10.7. The lowest BCUT2D eigenvalue weighted by molar-refractivity contribution is 0.108. The van der Waals surface area contributed by atoms with Gasteiger partial charge in [0.25, 0.3) is 0 Å². The number of aliphatic imine (C=N–C) groups is 1. The highest BCUT2D eigenvalue weighted by Gasteiger charge is 2.19. The Kier molecular flexibility index (Phi) is 9.97. The van der Waals surface area contributed by atoms with E-state index in [0.29, 0.717) is 5.25 Å². The summed E-state index contributed by atoms with van der Waals surface area (Å²) in [7, 11) is 0. The molecule has 1 heterocycles. The SMILES string of the molecule is CCNC(=NCC(C)Sc1ccccc1)N1CCC(O)CC1.I. The molecule has 23 heavy (non-hydrogen) atoms. The Morgan fingerprint density at radius 3 is 2.61 bits per heavy atom. The molecule has 1 unspecified atom stereocenters. The van der Waals surface area contributed by atoms with Gasteiger partial charge in [-0.2, -0.15) is 0 Å². The summed E-state index contributed by atoms with van der Waals surface area (Å²) >= 11 is 1.86. The maximum atomic E-state index is 9.63. The standard InChI is InChI=1S/C17H27N3OS.HI/c1-3-18-17(20-11-9-15(21)10-12-20)19-13-14(2)22-16-7-5-4-6-8-16;/h4-8,14-15,21H,3,9-13H2,1-2H3,(H,18,19);1H. The monoisotopic (exact) mass is 449 g/mol. The van der Waals surface area contributed by atoms with Crippen molar-refractivity contribution >= 4 is 41.7 Å². The Morgan fingerprint density at radius 1 is 1.35 bits per heavy atom. The number of hydrogen-bond donors (Lipinski definition) is 2. The van der Waals surface area contributed by atoms with Crippen LogP contribution >= 0.6 is 35.7 Å². The van der Waals surface area contributed by atoms with Gasteiger partial charge >= 0.3 is 0 Å². The Morgan fingerprint density at radius 2 is 2.00 bits per heavy atom. The second-order valence-electron chi connectivity index (χ2n) is 5.65. The molecule has 1 aromatic carbocycles. The molecule has 1 saturated heterocycles. The van der Waals surface area contributed by atoms with Crippen LogP contribution < -0.4 is 5.32 Å². The van der Waals surface area contributed by atoms with E-state index in [-0.39, 0.29) is 30.1 Å². The number of thioether (sulfide) groups is 1. The topological polar surface area (TPSA) is 47.9 Å². The third-order valence-corrected chi connectivity index (χ3v) is 4.77. The van der Waals surface area contributed by atoms with Crippen molar-refractivity contribution in [1.29, 1.82) is 0 Å². The smallest absolute Gasteiger partial charge is 0.193 e. The molecule has 0 spiro atoms. The minimum Gasteiger partial charge on any atom is -0.393 e. The lowest BCUT2D eigenvalue weighted by atomic mass is 10.1. The highest BCUT2D eigenvalue weighted by molar-refractivity contribution is 14.0. The first-order valence-electron chi connectivity index (χ1n) is 8.12. The van der Waals surface area contributed by atoms with Crippen LogP contribution in [0.15, 0.2) is 40.2 Å². The molecule has 6 heteroatoms. The molecular weight excluding hydrogens is 421 g/mol. The van der Waals surface area contributed by atoms with Gasteiger partial charge in [0, 0.05) is 29.8 Å². The van der Waals surface area contributed by atoms with Gasteiger partial charge in [-0.1, -0.05) is 25.1 Å². The number of likely N-dealkylation sites (tertiary alicyclic amines) is 1. The van der Waals surface area contributed by atoms with E-state index in [2.05, 4.69) is 48.3 Å². The predicted molar refractivity (Wildman–Crippen MR) is 110 cm³/mol. The number of benzene rings is 1. The van der Waals surface area contributed by atoms with Crippen molar-refractivity contribution in [1.82, 2.24) is 10.2 Å². The summed E-state index contributed by atoms with van der Waals surface area (Å²) in [6.07, 6.45) is 1.52. The zero-order chi connectivity index (χ0) is 15.8. The van der Waals surface area contributed by atoms with E-state index in [4.69, 9.17) is 4.99 Å². The van der Waals surface area contributed by atoms with Gasteiger partial charge in [-0.3, -0.25) is 4.99 Å². The molecule has 0 saturated carbocycles. The number of halogens is 1. The van der Waals surface area contributed by atoms with Crippen molar-refractivity contribution < 1.29 is 5.11 Å². The van der Waals surface area contributed by atoms with Crippen molar-refractivity contribution in [2.75, 3.05) is 26.2 Å². The number of guanidine groups is 1. The molecule has 130 valence electrons. The number of hydrogen-bond acceptors (Lipinski definition) is 3. The quantitative estimate of drug-likeness (QED) is 0.314. The molecule has 2 rings (SSSR count). The molecule has 0 aliphatic carbocycles. The number of piperidine rings is 1. The number of nitrogens with one attached hydrogen (secondary N) is 1. The summed E-state index contributed by atoms with van der Waals surface area (Å²) < 4.78 is 0. The highest BCUT2D eigenvalue weighted by Crippen LogP contribution is 2.22. The van der Waals surface area contributed by atoms with E-state index in [1.165, 1.54) is 4.90 Å². The van der Waals surface area contributed by atoms with E-state index in [0.717, 1.165) is 45.0 Å². The van der Waals surface area contributed by atoms with Crippen molar-refractivity contribution in [3.63, 3.8) is 0 Å². The van der Waals surface area contributed by atoms with Crippen LogP contribution in [-0.4, -0.2) is 53.5 Å². The molecule has 0 bridgehead atoms. The number of nitrogens with zero attached hydrogens (tertiary/aromatic N) is 2. The van der Waals surface area contributed by atoms with Crippen LogP contribution in [0.3, 0.4) is 0 Å². The molecule has 0 aromatic heterocycles. The molecule has 1 fully saturated rings. The Hall–Kier alpha value is -0.470. The highest BCUT2D eigenvalue weighted by atomic mass is 127. The fourth-order valence-corrected chi connectivity index (χ4v) is 3.42. The second-order valence-corrected chi connectivity index (χ2v) is 7.17. The van der Waals surface area contributed by atoms with Crippen LogP contribution in [0.4, 0.5) is 0 Å². The minimum atomic E-state index is -0.147. The number of rotatable bonds is 5. The third kappa shape index (κ3) is 7.30. The predicted octanol–water partition coefficient (Wildman–Crippen LogP) is 3.21. The largest absolute Gasteiger partial charge is 0.393 e. The fourth-order valence-electron chi connectivity index (χ4n) is 2.49. The van der Waals surface area contributed by atoms with E-state index >= 15 is 0 Å². The summed E-state index contributed by atoms with van der Waals surface area (Å²) in [4.78, 5) is 8.34.